The number of rotatable bonds is 6. The predicted octanol–water partition coefficient (Wildman–Crippen LogP) is 2.68. The van der Waals surface area contributed by atoms with Crippen molar-refractivity contribution < 1.29 is 4.79 Å². The Morgan fingerprint density at radius 3 is 2.57 bits per heavy atom. The molecule has 2 N–H and O–H groups in total. The summed E-state index contributed by atoms with van der Waals surface area (Å²) in [5.41, 5.74) is 1.54. The van der Waals surface area contributed by atoms with Gasteiger partial charge in [-0.25, -0.2) is 0 Å². The fourth-order valence-electron chi connectivity index (χ4n) is 4.27. The molecule has 3 nitrogen and oxygen atoms in total. The molecule has 1 unspecified atom stereocenters. The summed E-state index contributed by atoms with van der Waals surface area (Å²) < 4.78 is 0. The maximum atomic E-state index is 10.8. The molecule has 3 heteroatoms. The lowest BCUT2D eigenvalue weighted by molar-refractivity contribution is -0.118. The van der Waals surface area contributed by atoms with E-state index in [9.17, 15) is 4.79 Å². The monoisotopic (exact) mass is 286 g/mol. The molecule has 0 radical (unpaired) electrons. The summed E-state index contributed by atoms with van der Waals surface area (Å²) in [5.74, 6) is 2.57. The molecule has 0 saturated heterocycles. The molecule has 0 aliphatic heterocycles. The Hall–Kier alpha value is -1.35. The highest BCUT2D eigenvalue weighted by Gasteiger charge is 2.45. The number of amides is 1. The fourth-order valence-corrected chi connectivity index (χ4v) is 4.27. The van der Waals surface area contributed by atoms with Gasteiger partial charge in [0.25, 0.3) is 0 Å². The number of benzene rings is 1. The molecule has 0 heterocycles. The molecule has 2 bridgehead atoms. The number of carbonyl (C=O) groups is 1. The van der Waals surface area contributed by atoms with Crippen molar-refractivity contribution in [2.24, 2.45) is 11.8 Å². The molecule has 2 fully saturated rings. The average molecular weight is 286 g/mol. The molecule has 1 aromatic carbocycles. The van der Waals surface area contributed by atoms with Gasteiger partial charge in [0.05, 0.1) is 0 Å². The van der Waals surface area contributed by atoms with Crippen LogP contribution in [-0.2, 0) is 4.79 Å². The summed E-state index contributed by atoms with van der Waals surface area (Å²) in [4.78, 5) is 10.8. The molecule has 4 atom stereocenters. The Kier molecular flexibility index (Phi) is 4.59. The molecule has 0 aromatic heterocycles. The van der Waals surface area contributed by atoms with Crippen molar-refractivity contribution in [3.63, 3.8) is 0 Å². The van der Waals surface area contributed by atoms with E-state index in [2.05, 4.69) is 41.0 Å². The quantitative estimate of drug-likeness (QED) is 0.789. The Morgan fingerprint density at radius 1 is 1.10 bits per heavy atom. The fraction of sp³-hybridized carbons (Fsp3) is 0.611. The van der Waals surface area contributed by atoms with Gasteiger partial charge >= 0.3 is 0 Å². The van der Waals surface area contributed by atoms with E-state index in [0.29, 0.717) is 6.04 Å². The molecule has 2 aliphatic rings. The van der Waals surface area contributed by atoms with Gasteiger partial charge in [-0.1, -0.05) is 30.3 Å². The minimum absolute atomic E-state index is 0.0700. The minimum atomic E-state index is 0.0700. The predicted molar refractivity (Wildman–Crippen MR) is 85.1 cm³/mol. The van der Waals surface area contributed by atoms with E-state index in [1.807, 2.05) is 0 Å². The van der Waals surface area contributed by atoms with Crippen molar-refractivity contribution in [3.05, 3.63) is 35.9 Å². The molecule has 2 aliphatic carbocycles. The van der Waals surface area contributed by atoms with Gasteiger partial charge < -0.3 is 10.6 Å². The van der Waals surface area contributed by atoms with Gasteiger partial charge in [-0.05, 0) is 55.5 Å². The van der Waals surface area contributed by atoms with Crippen molar-refractivity contribution >= 4 is 5.91 Å². The number of nitrogens with one attached hydrogen (secondary N) is 2. The van der Waals surface area contributed by atoms with Crippen LogP contribution in [0, 0.1) is 11.8 Å². The number of hydrogen-bond acceptors (Lipinski definition) is 2. The summed E-state index contributed by atoms with van der Waals surface area (Å²) in [6.45, 7) is 3.38. The normalized spacial score (nSPS) is 30.5. The van der Waals surface area contributed by atoms with Gasteiger partial charge in [-0.15, -0.1) is 0 Å². The van der Waals surface area contributed by atoms with Gasteiger partial charge in [0, 0.05) is 19.5 Å². The van der Waals surface area contributed by atoms with Crippen molar-refractivity contribution in [2.45, 2.75) is 44.6 Å². The maximum Gasteiger partial charge on any atom is 0.216 e. The second kappa shape index (κ2) is 6.61. The van der Waals surface area contributed by atoms with Crippen LogP contribution in [0.2, 0.25) is 0 Å². The smallest absolute Gasteiger partial charge is 0.216 e. The molecule has 3 rings (SSSR count). The van der Waals surface area contributed by atoms with Gasteiger partial charge in [-0.2, -0.15) is 0 Å². The van der Waals surface area contributed by atoms with Crippen LogP contribution in [0.1, 0.15) is 44.1 Å². The largest absolute Gasteiger partial charge is 0.356 e. The first-order valence-corrected chi connectivity index (χ1v) is 8.27. The van der Waals surface area contributed by atoms with E-state index < -0.39 is 0 Å². The van der Waals surface area contributed by atoms with E-state index in [4.69, 9.17) is 0 Å². The van der Waals surface area contributed by atoms with Crippen LogP contribution < -0.4 is 10.6 Å². The summed E-state index contributed by atoms with van der Waals surface area (Å²) in [7, 11) is 0. The van der Waals surface area contributed by atoms with Gasteiger partial charge in [0.1, 0.15) is 0 Å². The summed E-state index contributed by atoms with van der Waals surface area (Å²) >= 11 is 0. The van der Waals surface area contributed by atoms with E-state index in [1.165, 1.54) is 24.8 Å². The zero-order valence-electron chi connectivity index (χ0n) is 12.8. The highest BCUT2D eigenvalue weighted by molar-refractivity contribution is 5.72. The minimum Gasteiger partial charge on any atom is -0.356 e. The molecular weight excluding hydrogens is 260 g/mol. The molecule has 114 valence electrons. The number of fused-ring (bicyclic) bond motifs is 2. The Balaban J connectivity index is 1.42. The second-order valence-electron chi connectivity index (χ2n) is 6.64. The van der Waals surface area contributed by atoms with Crippen LogP contribution in [0.15, 0.2) is 30.3 Å². The lowest BCUT2D eigenvalue weighted by Crippen LogP contribution is -2.37. The molecule has 21 heavy (non-hydrogen) atoms. The molecule has 1 aromatic rings. The van der Waals surface area contributed by atoms with Gasteiger partial charge in [0.2, 0.25) is 5.91 Å². The molecular formula is C18H26N2O. The van der Waals surface area contributed by atoms with E-state index in [0.717, 1.165) is 37.3 Å². The first kappa shape index (κ1) is 14.6. The molecule has 2 saturated carbocycles. The number of carbonyl (C=O) groups excluding carboxylic acids is 1. The Morgan fingerprint density at radius 2 is 1.90 bits per heavy atom. The van der Waals surface area contributed by atoms with Crippen LogP contribution in [0.3, 0.4) is 0 Å². The first-order chi connectivity index (χ1) is 10.2. The van der Waals surface area contributed by atoms with Gasteiger partial charge in [-0.3, -0.25) is 4.79 Å². The average Bonchev–Trinajstić information content (AvgIpc) is 3.07. The van der Waals surface area contributed by atoms with Crippen LogP contribution in [-0.4, -0.2) is 25.0 Å². The SMILES string of the molecule is CC(=O)NCCCNC1C[C@@H]2C[C@H]1C[C@@H]2c1ccccc1. The lowest BCUT2D eigenvalue weighted by atomic mass is 9.81. The maximum absolute atomic E-state index is 10.8. The van der Waals surface area contributed by atoms with Crippen molar-refractivity contribution in [1.82, 2.24) is 10.6 Å². The molecule has 1 amide bonds. The third-order valence-corrected chi connectivity index (χ3v) is 5.22. The van der Waals surface area contributed by atoms with Crippen LogP contribution in [0.4, 0.5) is 0 Å². The lowest BCUT2D eigenvalue weighted by Gasteiger charge is -2.29. The van der Waals surface area contributed by atoms with Crippen molar-refractivity contribution in [3.8, 4) is 0 Å². The first-order valence-electron chi connectivity index (χ1n) is 8.27. The zero-order valence-corrected chi connectivity index (χ0v) is 12.8. The van der Waals surface area contributed by atoms with E-state index in [1.54, 1.807) is 6.92 Å². The van der Waals surface area contributed by atoms with Crippen LogP contribution in [0.25, 0.3) is 0 Å². The van der Waals surface area contributed by atoms with Crippen molar-refractivity contribution in [2.75, 3.05) is 13.1 Å². The zero-order chi connectivity index (χ0) is 14.7. The highest BCUT2D eigenvalue weighted by Crippen LogP contribution is 2.52. The third-order valence-electron chi connectivity index (χ3n) is 5.22. The van der Waals surface area contributed by atoms with Crippen LogP contribution >= 0.6 is 0 Å². The van der Waals surface area contributed by atoms with E-state index in [-0.39, 0.29) is 5.91 Å². The topological polar surface area (TPSA) is 41.1 Å². The van der Waals surface area contributed by atoms with E-state index >= 15 is 0 Å². The molecule has 0 spiro atoms. The second-order valence-corrected chi connectivity index (χ2v) is 6.64. The number of hydrogen-bond donors (Lipinski definition) is 2. The van der Waals surface area contributed by atoms with Crippen LogP contribution in [0.5, 0.6) is 0 Å². The highest BCUT2D eigenvalue weighted by atomic mass is 16.1. The standard InChI is InChI=1S/C18H26N2O/c1-13(21)19-8-5-9-20-18-12-15-10-16(18)11-17(15)14-6-3-2-4-7-14/h2-4,6-7,15-18,20H,5,8-12H2,1H3,(H,19,21)/t15-,16-,17+,18?/m0/s1. The Bertz CT molecular complexity index is 473. The summed E-state index contributed by atoms with van der Waals surface area (Å²) in [5, 5.41) is 6.56. The van der Waals surface area contributed by atoms with Gasteiger partial charge in [0.15, 0.2) is 0 Å². The van der Waals surface area contributed by atoms with Crippen molar-refractivity contribution in [1.29, 1.82) is 0 Å². The summed E-state index contributed by atoms with van der Waals surface area (Å²) in [6, 6.07) is 11.7. The Labute approximate surface area is 127 Å². The summed E-state index contributed by atoms with van der Waals surface area (Å²) in [6.07, 6.45) is 5.08. The third kappa shape index (κ3) is 3.46.